The molecule has 1 aromatic heterocycles. The van der Waals surface area contributed by atoms with E-state index in [1.54, 1.807) is 7.05 Å². The first kappa shape index (κ1) is 12.8. The van der Waals surface area contributed by atoms with Crippen molar-refractivity contribution in [2.75, 3.05) is 32.5 Å². The van der Waals surface area contributed by atoms with Gasteiger partial charge in [0.2, 0.25) is 11.8 Å². The highest BCUT2D eigenvalue weighted by Gasteiger charge is 2.33. The van der Waals surface area contributed by atoms with Crippen LogP contribution in [0, 0.1) is 0 Å². The highest BCUT2D eigenvalue weighted by Crippen LogP contribution is 2.21. The van der Waals surface area contributed by atoms with Gasteiger partial charge in [0.25, 0.3) is 5.91 Å². The Labute approximate surface area is 104 Å². The number of aromatic nitrogens is 3. The van der Waals surface area contributed by atoms with Gasteiger partial charge in [-0.3, -0.25) is 9.89 Å². The molecule has 8 nitrogen and oxygen atoms in total. The number of hydrogen-bond donors (Lipinski definition) is 3. The highest BCUT2D eigenvalue weighted by atomic mass is 16.5. The van der Waals surface area contributed by atoms with Crippen LogP contribution in [0.2, 0.25) is 0 Å². The number of aromatic amines is 1. The molecule has 2 heterocycles. The minimum Gasteiger partial charge on any atom is -0.388 e. The van der Waals surface area contributed by atoms with Crippen LogP contribution in [-0.4, -0.2) is 63.5 Å². The average molecular weight is 255 g/mol. The number of aliphatic hydroxyl groups is 1. The molecular weight excluding hydrogens is 238 g/mol. The highest BCUT2D eigenvalue weighted by molar-refractivity contribution is 5.90. The van der Waals surface area contributed by atoms with Gasteiger partial charge in [-0.05, 0) is 0 Å². The molecular formula is C10H17N5O3. The first-order valence-electron chi connectivity index (χ1n) is 5.74. The summed E-state index contributed by atoms with van der Waals surface area (Å²) in [5.74, 6) is -0.249. The summed E-state index contributed by atoms with van der Waals surface area (Å²) in [5.41, 5.74) is 4.44. The van der Waals surface area contributed by atoms with Crippen molar-refractivity contribution in [2.24, 2.45) is 0 Å². The molecule has 1 aliphatic heterocycles. The Hall–Kier alpha value is -1.67. The summed E-state index contributed by atoms with van der Waals surface area (Å²) in [6.45, 7) is 1.25. The Kier molecular flexibility index (Phi) is 3.48. The number of carbonyl (C=O) groups is 1. The topological polar surface area (TPSA) is 117 Å². The summed E-state index contributed by atoms with van der Waals surface area (Å²) < 4.78 is 5.19. The lowest BCUT2D eigenvalue weighted by molar-refractivity contribution is -0.0735. The molecule has 0 atom stereocenters. The van der Waals surface area contributed by atoms with Crippen molar-refractivity contribution in [2.45, 2.75) is 18.4 Å². The monoisotopic (exact) mass is 255 g/mol. The van der Waals surface area contributed by atoms with E-state index in [1.165, 1.54) is 4.90 Å². The van der Waals surface area contributed by atoms with E-state index in [4.69, 9.17) is 10.5 Å². The number of rotatable bonds is 3. The van der Waals surface area contributed by atoms with Gasteiger partial charge in [0, 0.05) is 39.6 Å². The fraction of sp³-hybridized carbons (Fsp3) is 0.700. The van der Waals surface area contributed by atoms with E-state index in [2.05, 4.69) is 15.2 Å². The largest absolute Gasteiger partial charge is 0.388 e. The van der Waals surface area contributed by atoms with Crippen LogP contribution < -0.4 is 5.73 Å². The Morgan fingerprint density at radius 2 is 2.28 bits per heavy atom. The molecule has 1 aliphatic rings. The zero-order valence-corrected chi connectivity index (χ0v) is 10.2. The zero-order chi connectivity index (χ0) is 13.2. The number of ether oxygens (including phenoxy) is 1. The first-order valence-corrected chi connectivity index (χ1v) is 5.74. The van der Waals surface area contributed by atoms with E-state index < -0.39 is 5.60 Å². The summed E-state index contributed by atoms with van der Waals surface area (Å²) in [6, 6.07) is 0. The van der Waals surface area contributed by atoms with Crippen molar-refractivity contribution >= 4 is 11.9 Å². The molecule has 0 unspecified atom stereocenters. The lowest BCUT2D eigenvalue weighted by Crippen LogP contribution is -2.47. The summed E-state index contributed by atoms with van der Waals surface area (Å²) in [6.07, 6.45) is 1.03. The number of nitrogens with zero attached hydrogens (tertiary/aromatic N) is 3. The number of nitrogen functional groups attached to an aromatic ring is 1. The maximum atomic E-state index is 12.0. The normalized spacial score (nSPS) is 18.6. The third-order valence-corrected chi connectivity index (χ3v) is 3.01. The van der Waals surface area contributed by atoms with Crippen molar-refractivity contribution in [3.8, 4) is 0 Å². The van der Waals surface area contributed by atoms with Crippen molar-refractivity contribution in [1.82, 2.24) is 20.1 Å². The number of likely N-dealkylation sites (N-methyl/N-ethyl adjacent to an activating group) is 1. The summed E-state index contributed by atoms with van der Waals surface area (Å²) in [7, 11) is 1.61. The summed E-state index contributed by atoms with van der Waals surface area (Å²) in [4.78, 5) is 17.1. The molecule has 100 valence electrons. The average Bonchev–Trinajstić information content (AvgIpc) is 2.75. The van der Waals surface area contributed by atoms with Crippen molar-refractivity contribution < 1.29 is 14.6 Å². The summed E-state index contributed by atoms with van der Waals surface area (Å²) >= 11 is 0. The van der Waals surface area contributed by atoms with E-state index in [1.807, 2.05) is 0 Å². The van der Waals surface area contributed by atoms with Crippen LogP contribution in [0.4, 0.5) is 5.95 Å². The number of hydrogen-bond acceptors (Lipinski definition) is 6. The molecule has 1 amide bonds. The fourth-order valence-corrected chi connectivity index (χ4v) is 1.97. The van der Waals surface area contributed by atoms with Crippen LogP contribution in [0.25, 0.3) is 0 Å². The van der Waals surface area contributed by atoms with E-state index in [9.17, 15) is 9.90 Å². The van der Waals surface area contributed by atoms with E-state index in [-0.39, 0.29) is 24.2 Å². The number of carbonyl (C=O) groups excluding carboxylic acids is 1. The Balaban J connectivity index is 1.98. The number of amides is 1. The predicted molar refractivity (Wildman–Crippen MR) is 62.8 cm³/mol. The van der Waals surface area contributed by atoms with Crippen LogP contribution in [0.15, 0.2) is 0 Å². The lowest BCUT2D eigenvalue weighted by Gasteiger charge is -2.35. The maximum Gasteiger partial charge on any atom is 0.291 e. The summed E-state index contributed by atoms with van der Waals surface area (Å²) in [5, 5.41) is 16.3. The third-order valence-electron chi connectivity index (χ3n) is 3.01. The maximum absolute atomic E-state index is 12.0. The molecule has 0 aliphatic carbocycles. The Bertz CT molecular complexity index is 427. The van der Waals surface area contributed by atoms with Crippen LogP contribution in [-0.2, 0) is 4.74 Å². The van der Waals surface area contributed by atoms with Crippen molar-refractivity contribution in [3.63, 3.8) is 0 Å². The molecule has 1 aromatic rings. The van der Waals surface area contributed by atoms with Gasteiger partial charge in [-0.25, -0.2) is 0 Å². The SMILES string of the molecule is CN(CC1(O)CCOCC1)C(=O)c1nc(N)n[nH]1. The quantitative estimate of drug-likeness (QED) is 0.637. The van der Waals surface area contributed by atoms with Crippen molar-refractivity contribution in [3.05, 3.63) is 5.82 Å². The minimum atomic E-state index is -0.895. The zero-order valence-electron chi connectivity index (χ0n) is 10.2. The van der Waals surface area contributed by atoms with Gasteiger partial charge in [0.15, 0.2) is 0 Å². The van der Waals surface area contributed by atoms with Crippen molar-refractivity contribution in [1.29, 1.82) is 0 Å². The second-order valence-electron chi connectivity index (χ2n) is 4.54. The van der Waals surface area contributed by atoms with Gasteiger partial charge in [-0.1, -0.05) is 0 Å². The second-order valence-corrected chi connectivity index (χ2v) is 4.54. The number of nitrogens with one attached hydrogen (secondary N) is 1. The molecule has 0 aromatic carbocycles. The molecule has 1 saturated heterocycles. The van der Waals surface area contributed by atoms with Gasteiger partial charge in [-0.2, -0.15) is 4.98 Å². The Morgan fingerprint density at radius 3 is 2.83 bits per heavy atom. The molecule has 0 bridgehead atoms. The lowest BCUT2D eigenvalue weighted by atomic mass is 9.94. The second kappa shape index (κ2) is 4.91. The van der Waals surface area contributed by atoms with E-state index in [0.29, 0.717) is 26.1 Å². The smallest absolute Gasteiger partial charge is 0.291 e. The molecule has 2 rings (SSSR count). The third kappa shape index (κ3) is 2.77. The number of H-pyrrole nitrogens is 1. The number of nitrogens with two attached hydrogens (primary N) is 1. The molecule has 0 radical (unpaired) electrons. The molecule has 1 fully saturated rings. The van der Waals surface area contributed by atoms with Crippen LogP contribution in [0.1, 0.15) is 23.5 Å². The van der Waals surface area contributed by atoms with E-state index >= 15 is 0 Å². The van der Waals surface area contributed by atoms with Gasteiger partial charge in [-0.15, -0.1) is 5.10 Å². The standard InChI is InChI=1S/C10H17N5O3/c1-15(6-10(17)2-4-18-5-3-10)8(16)7-12-9(11)14-13-7/h17H,2-6H2,1H3,(H3,11,12,13,14). The van der Waals surface area contributed by atoms with Gasteiger partial charge >= 0.3 is 0 Å². The van der Waals surface area contributed by atoms with Crippen LogP contribution in [0.5, 0.6) is 0 Å². The minimum absolute atomic E-state index is 0.0246. The van der Waals surface area contributed by atoms with E-state index in [0.717, 1.165) is 0 Å². The fourth-order valence-electron chi connectivity index (χ4n) is 1.97. The molecule has 18 heavy (non-hydrogen) atoms. The number of anilines is 1. The van der Waals surface area contributed by atoms with Gasteiger partial charge in [0.1, 0.15) is 0 Å². The van der Waals surface area contributed by atoms with Crippen LogP contribution >= 0.6 is 0 Å². The molecule has 8 heteroatoms. The van der Waals surface area contributed by atoms with Gasteiger partial charge in [0.05, 0.1) is 5.60 Å². The predicted octanol–water partition coefficient (Wildman–Crippen LogP) is -1.000. The molecule has 0 saturated carbocycles. The first-order chi connectivity index (χ1) is 8.50. The Morgan fingerprint density at radius 1 is 1.61 bits per heavy atom. The molecule has 0 spiro atoms. The van der Waals surface area contributed by atoms with Gasteiger partial charge < -0.3 is 20.5 Å². The molecule has 4 N–H and O–H groups in total. The van der Waals surface area contributed by atoms with Crippen LogP contribution in [0.3, 0.4) is 0 Å².